The Hall–Kier alpha value is -0.830. The van der Waals surface area contributed by atoms with Gasteiger partial charge in [0.1, 0.15) is 0 Å². The van der Waals surface area contributed by atoms with Gasteiger partial charge in [0.05, 0.1) is 11.7 Å². The van der Waals surface area contributed by atoms with Crippen LogP contribution in [-0.2, 0) is 0 Å². The summed E-state index contributed by atoms with van der Waals surface area (Å²) in [6.45, 7) is 10.6. The molecule has 1 heterocycles. The molecule has 0 radical (unpaired) electrons. The summed E-state index contributed by atoms with van der Waals surface area (Å²) in [7, 11) is 0. The van der Waals surface area contributed by atoms with Gasteiger partial charge in [0.15, 0.2) is 0 Å². The molecule has 0 bridgehead atoms. The van der Waals surface area contributed by atoms with Crippen molar-refractivity contribution < 1.29 is 0 Å². The van der Waals surface area contributed by atoms with Crippen molar-refractivity contribution in [3.8, 4) is 0 Å². The van der Waals surface area contributed by atoms with Gasteiger partial charge >= 0.3 is 0 Å². The Bertz CT molecular complexity index is 294. The van der Waals surface area contributed by atoms with E-state index < -0.39 is 0 Å². The standard InChI is InChI=1S/C11H21N3/c1-8-6-7-14(13-8)10(9(2)12)11(3,4)5/h6-7,9-10H,12H2,1-5H3. The molecule has 1 aromatic rings. The fourth-order valence-corrected chi connectivity index (χ4v) is 2.01. The maximum absolute atomic E-state index is 6.00. The molecule has 80 valence electrons. The van der Waals surface area contributed by atoms with E-state index in [9.17, 15) is 0 Å². The number of nitrogens with zero attached hydrogens (tertiary/aromatic N) is 2. The van der Waals surface area contributed by atoms with Gasteiger partial charge in [0, 0.05) is 12.2 Å². The first-order chi connectivity index (χ1) is 6.32. The minimum absolute atomic E-state index is 0.106. The summed E-state index contributed by atoms with van der Waals surface area (Å²) in [5, 5.41) is 4.44. The lowest BCUT2D eigenvalue weighted by atomic mass is 9.83. The van der Waals surface area contributed by atoms with E-state index in [2.05, 4.69) is 25.9 Å². The Morgan fingerprint density at radius 3 is 2.29 bits per heavy atom. The van der Waals surface area contributed by atoms with Gasteiger partial charge in [0.2, 0.25) is 0 Å². The molecule has 0 aliphatic rings. The van der Waals surface area contributed by atoms with Crippen molar-refractivity contribution in [2.24, 2.45) is 11.1 Å². The lowest BCUT2D eigenvalue weighted by molar-refractivity contribution is 0.196. The molecule has 0 amide bonds. The molecular formula is C11H21N3. The van der Waals surface area contributed by atoms with Crippen LogP contribution in [0.2, 0.25) is 0 Å². The van der Waals surface area contributed by atoms with E-state index in [4.69, 9.17) is 5.73 Å². The number of hydrogen-bond acceptors (Lipinski definition) is 2. The normalized spacial score (nSPS) is 16.7. The number of aryl methyl sites for hydroxylation is 1. The molecule has 0 saturated heterocycles. The summed E-state index contributed by atoms with van der Waals surface area (Å²) < 4.78 is 1.99. The smallest absolute Gasteiger partial charge is 0.0715 e. The summed E-state index contributed by atoms with van der Waals surface area (Å²) in [6.07, 6.45) is 2.01. The van der Waals surface area contributed by atoms with Crippen LogP contribution in [0.3, 0.4) is 0 Å². The Morgan fingerprint density at radius 1 is 1.43 bits per heavy atom. The molecule has 2 unspecified atom stereocenters. The predicted octanol–water partition coefficient (Wildman–Crippen LogP) is 2.13. The summed E-state index contributed by atoms with van der Waals surface area (Å²) in [4.78, 5) is 0. The van der Waals surface area contributed by atoms with E-state index in [-0.39, 0.29) is 17.5 Å². The van der Waals surface area contributed by atoms with Crippen molar-refractivity contribution in [2.75, 3.05) is 0 Å². The zero-order valence-electron chi connectivity index (χ0n) is 9.78. The van der Waals surface area contributed by atoms with E-state index in [1.165, 1.54) is 0 Å². The highest BCUT2D eigenvalue weighted by Crippen LogP contribution is 2.31. The molecule has 0 aromatic carbocycles. The van der Waals surface area contributed by atoms with Gasteiger partial charge in [-0.25, -0.2) is 0 Å². The van der Waals surface area contributed by atoms with Crippen LogP contribution >= 0.6 is 0 Å². The highest BCUT2D eigenvalue weighted by Gasteiger charge is 2.29. The molecule has 1 aromatic heterocycles. The fraction of sp³-hybridized carbons (Fsp3) is 0.727. The lowest BCUT2D eigenvalue weighted by Crippen LogP contribution is -2.38. The largest absolute Gasteiger partial charge is 0.326 e. The Kier molecular flexibility index (Phi) is 3.00. The molecule has 0 aliphatic heterocycles. The zero-order chi connectivity index (χ0) is 10.9. The SMILES string of the molecule is Cc1ccn(C(C(C)N)C(C)(C)C)n1. The van der Waals surface area contributed by atoms with Gasteiger partial charge in [-0.3, -0.25) is 4.68 Å². The Balaban J connectivity index is 3.01. The van der Waals surface area contributed by atoms with Gasteiger partial charge in [0.25, 0.3) is 0 Å². The van der Waals surface area contributed by atoms with Crippen molar-refractivity contribution in [2.45, 2.75) is 46.7 Å². The maximum atomic E-state index is 6.00. The van der Waals surface area contributed by atoms with Crippen molar-refractivity contribution in [1.82, 2.24) is 9.78 Å². The maximum Gasteiger partial charge on any atom is 0.0715 e. The summed E-state index contributed by atoms with van der Waals surface area (Å²) in [5.41, 5.74) is 7.18. The van der Waals surface area contributed by atoms with E-state index in [0.717, 1.165) is 5.69 Å². The van der Waals surface area contributed by atoms with Crippen LogP contribution in [0.4, 0.5) is 0 Å². The summed E-state index contributed by atoms with van der Waals surface area (Å²) in [6, 6.07) is 2.37. The second-order valence-electron chi connectivity index (χ2n) is 5.11. The van der Waals surface area contributed by atoms with E-state index in [0.29, 0.717) is 0 Å². The van der Waals surface area contributed by atoms with Crippen LogP contribution in [0.15, 0.2) is 12.3 Å². The number of hydrogen-bond donors (Lipinski definition) is 1. The highest BCUT2D eigenvalue weighted by atomic mass is 15.3. The summed E-state index contributed by atoms with van der Waals surface area (Å²) in [5.74, 6) is 0. The molecule has 2 N–H and O–H groups in total. The fourth-order valence-electron chi connectivity index (χ4n) is 2.01. The first-order valence-corrected chi connectivity index (χ1v) is 5.09. The van der Waals surface area contributed by atoms with Crippen molar-refractivity contribution in [3.05, 3.63) is 18.0 Å². The lowest BCUT2D eigenvalue weighted by Gasteiger charge is -2.33. The minimum atomic E-state index is 0.106. The molecule has 0 spiro atoms. The average molecular weight is 195 g/mol. The van der Waals surface area contributed by atoms with Gasteiger partial charge in [-0.2, -0.15) is 5.10 Å². The highest BCUT2D eigenvalue weighted by molar-refractivity contribution is 4.98. The quantitative estimate of drug-likeness (QED) is 0.785. The van der Waals surface area contributed by atoms with Crippen LogP contribution in [0, 0.1) is 12.3 Å². The van der Waals surface area contributed by atoms with E-state index in [1.54, 1.807) is 0 Å². The third kappa shape index (κ3) is 2.35. The average Bonchev–Trinajstić information content (AvgIpc) is 2.31. The van der Waals surface area contributed by atoms with Crippen molar-refractivity contribution in [3.63, 3.8) is 0 Å². The van der Waals surface area contributed by atoms with Gasteiger partial charge in [-0.05, 0) is 25.3 Å². The molecule has 2 atom stereocenters. The van der Waals surface area contributed by atoms with Crippen LogP contribution in [0.1, 0.15) is 39.4 Å². The third-order valence-corrected chi connectivity index (χ3v) is 2.41. The van der Waals surface area contributed by atoms with Gasteiger partial charge < -0.3 is 5.73 Å². The Morgan fingerprint density at radius 2 is 2.00 bits per heavy atom. The molecule has 0 fully saturated rings. The molecule has 14 heavy (non-hydrogen) atoms. The second-order valence-corrected chi connectivity index (χ2v) is 5.11. The molecule has 1 rings (SSSR count). The number of aromatic nitrogens is 2. The summed E-state index contributed by atoms with van der Waals surface area (Å²) >= 11 is 0. The van der Waals surface area contributed by atoms with Gasteiger partial charge in [-0.15, -0.1) is 0 Å². The molecule has 3 nitrogen and oxygen atoms in total. The molecule has 3 heteroatoms. The predicted molar refractivity (Wildman–Crippen MR) is 59.1 cm³/mol. The number of nitrogens with two attached hydrogens (primary N) is 1. The number of rotatable bonds is 2. The van der Waals surface area contributed by atoms with Crippen LogP contribution in [0.5, 0.6) is 0 Å². The molecule has 0 saturated carbocycles. The second kappa shape index (κ2) is 3.73. The monoisotopic (exact) mass is 195 g/mol. The van der Waals surface area contributed by atoms with Crippen molar-refractivity contribution >= 4 is 0 Å². The van der Waals surface area contributed by atoms with Crippen LogP contribution < -0.4 is 5.73 Å². The van der Waals surface area contributed by atoms with E-state index >= 15 is 0 Å². The van der Waals surface area contributed by atoms with Crippen LogP contribution in [-0.4, -0.2) is 15.8 Å². The molecule has 0 aliphatic carbocycles. The third-order valence-electron chi connectivity index (χ3n) is 2.41. The van der Waals surface area contributed by atoms with Crippen LogP contribution in [0.25, 0.3) is 0 Å². The van der Waals surface area contributed by atoms with Gasteiger partial charge in [-0.1, -0.05) is 20.8 Å². The first kappa shape index (κ1) is 11.2. The Labute approximate surface area is 86.3 Å². The topological polar surface area (TPSA) is 43.8 Å². The molecular weight excluding hydrogens is 174 g/mol. The minimum Gasteiger partial charge on any atom is -0.326 e. The first-order valence-electron chi connectivity index (χ1n) is 5.09. The van der Waals surface area contributed by atoms with E-state index in [1.807, 2.05) is 30.8 Å². The zero-order valence-corrected chi connectivity index (χ0v) is 9.78. The van der Waals surface area contributed by atoms with Crippen molar-refractivity contribution in [1.29, 1.82) is 0 Å².